The van der Waals surface area contributed by atoms with Gasteiger partial charge in [0.25, 0.3) is 0 Å². The maximum Gasteiger partial charge on any atom is 0.321 e. The van der Waals surface area contributed by atoms with Gasteiger partial charge >= 0.3 is 6.01 Å². The van der Waals surface area contributed by atoms with E-state index in [1.165, 1.54) is 0 Å². The van der Waals surface area contributed by atoms with Crippen LogP contribution in [0.2, 0.25) is 0 Å². The number of aromatic nitrogens is 2. The Balaban J connectivity index is 2.49. The molecule has 1 atom stereocenters. The highest BCUT2D eigenvalue weighted by Crippen LogP contribution is 2.12. The Labute approximate surface area is 83.1 Å². The van der Waals surface area contributed by atoms with Gasteiger partial charge in [-0.15, -0.1) is 0 Å². The Morgan fingerprint density at radius 3 is 2.71 bits per heavy atom. The summed E-state index contributed by atoms with van der Waals surface area (Å²) in [6.45, 7) is 6.34. The topological polar surface area (TPSA) is 74.7 Å². The van der Waals surface area contributed by atoms with Gasteiger partial charge in [0, 0.05) is 12.5 Å². The van der Waals surface area contributed by atoms with Gasteiger partial charge in [-0.25, -0.2) is 0 Å². The van der Waals surface area contributed by atoms with Gasteiger partial charge in [0.1, 0.15) is 0 Å². The van der Waals surface area contributed by atoms with Gasteiger partial charge < -0.3 is 9.84 Å². The third kappa shape index (κ3) is 2.73. The molecule has 14 heavy (non-hydrogen) atoms. The molecule has 1 rings (SSSR count). The molecular weight excluding hydrogens is 180 g/mol. The van der Waals surface area contributed by atoms with Crippen molar-refractivity contribution in [3.05, 3.63) is 5.82 Å². The molecule has 0 saturated carbocycles. The number of hydrogen-bond donors (Lipinski definition) is 1. The summed E-state index contributed by atoms with van der Waals surface area (Å²) in [7, 11) is 0. The number of anilines is 1. The summed E-state index contributed by atoms with van der Waals surface area (Å²) in [6.07, 6.45) is 0. The van der Waals surface area contributed by atoms with Crippen molar-refractivity contribution in [3.63, 3.8) is 0 Å². The van der Waals surface area contributed by atoms with Crippen molar-refractivity contribution in [2.45, 2.75) is 26.7 Å². The fourth-order valence-electron chi connectivity index (χ4n) is 0.827. The van der Waals surface area contributed by atoms with Crippen LogP contribution in [0.3, 0.4) is 0 Å². The minimum absolute atomic E-state index is 0.0654. The lowest BCUT2D eigenvalue weighted by Crippen LogP contribution is -2.09. The highest BCUT2D eigenvalue weighted by atomic mass is 16.5. The van der Waals surface area contributed by atoms with Gasteiger partial charge in [0.2, 0.25) is 0 Å². The van der Waals surface area contributed by atoms with E-state index in [1.54, 1.807) is 0 Å². The molecular formula is C9H14N4O. The Kier molecular flexibility index (Phi) is 3.46. The zero-order valence-corrected chi connectivity index (χ0v) is 8.61. The molecule has 1 aromatic rings. The molecule has 1 heterocycles. The zero-order valence-electron chi connectivity index (χ0n) is 8.61. The number of nitriles is 1. The minimum Gasteiger partial charge on any atom is -0.336 e. The molecule has 76 valence electrons. The lowest BCUT2D eigenvalue weighted by molar-refractivity contribution is 0.418. The van der Waals surface area contributed by atoms with E-state index in [4.69, 9.17) is 9.78 Å². The third-order valence-corrected chi connectivity index (χ3v) is 1.74. The van der Waals surface area contributed by atoms with Crippen molar-refractivity contribution in [2.75, 3.05) is 11.9 Å². The van der Waals surface area contributed by atoms with E-state index in [-0.39, 0.29) is 11.8 Å². The summed E-state index contributed by atoms with van der Waals surface area (Å²) in [5.74, 6) is 0.865. The first kappa shape index (κ1) is 10.5. The zero-order chi connectivity index (χ0) is 10.6. The monoisotopic (exact) mass is 194 g/mol. The summed E-state index contributed by atoms with van der Waals surface area (Å²) in [5, 5.41) is 15.2. The predicted octanol–water partition coefficient (Wildman–Crippen LogP) is 1.76. The van der Waals surface area contributed by atoms with E-state index in [1.807, 2.05) is 20.8 Å². The average Bonchev–Trinajstić information content (AvgIpc) is 2.62. The molecule has 1 aromatic heterocycles. The highest BCUT2D eigenvalue weighted by molar-refractivity contribution is 5.19. The average molecular weight is 194 g/mol. The molecule has 1 N–H and O–H groups in total. The molecule has 0 aliphatic carbocycles. The Morgan fingerprint density at radius 1 is 1.50 bits per heavy atom. The molecule has 0 saturated heterocycles. The van der Waals surface area contributed by atoms with Crippen molar-refractivity contribution in [3.8, 4) is 6.07 Å². The fraction of sp³-hybridized carbons (Fsp3) is 0.667. The second kappa shape index (κ2) is 4.61. The molecule has 0 aliphatic heterocycles. The van der Waals surface area contributed by atoms with Crippen LogP contribution in [0.1, 0.15) is 32.5 Å². The van der Waals surface area contributed by atoms with Gasteiger partial charge in [0.15, 0.2) is 5.82 Å². The molecule has 0 spiro atoms. The summed E-state index contributed by atoms with van der Waals surface area (Å²) in [4.78, 5) is 4.12. The molecule has 0 bridgehead atoms. The van der Waals surface area contributed by atoms with E-state index < -0.39 is 0 Å². The normalized spacial score (nSPS) is 12.5. The third-order valence-electron chi connectivity index (χ3n) is 1.74. The van der Waals surface area contributed by atoms with E-state index >= 15 is 0 Å². The van der Waals surface area contributed by atoms with Crippen LogP contribution < -0.4 is 5.32 Å². The first-order valence-electron chi connectivity index (χ1n) is 4.60. The standard InChI is InChI=1S/C9H14N4O/c1-6(2)8-12-9(14-13-8)11-5-7(3)4-10/h6-7H,5H2,1-3H3,(H,11,12,13). The first-order chi connectivity index (χ1) is 6.63. The van der Waals surface area contributed by atoms with Crippen molar-refractivity contribution in [1.82, 2.24) is 10.1 Å². The minimum atomic E-state index is -0.0654. The Bertz CT molecular complexity index is 326. The van der Waals surface area contributed by atoms with Crippen LogP contribution in [0.15, 0.2) is 4.52 Å². The Hall–Kier alpha value is -1.57. The Morgan fingerprint density at radius 2 is 2.21 bits per heavy atom. The maximum absolute atomic E-state index is 8.55. The van der Waals surface area contributed by atoms with Crippen LogP contribution in [0.5, 0.6) is 0 Å². The maximum atomic E-state index is 8.55. The highest BCUT2D eigenvalue weighted by Gasteiger charge is 2.09. The molecule has 0 radical (unpaired) electrons. The van der Waals surface area contributed by atoms with Gasteiger partial charge in [-0.3, -0.25) is 0 Å². The SMILES string of the molecule is CC(C#N)CNc1nc(C(C)C)no1. The second-order valence-electron chi connectivity index (χ2n) is 3.52. The van der Waals surface area contributed by atoms with Crippen LogP contribution in [-0.2, 0) is 0 Å². The molecule has 0 fully saturated rings. The molecule has 0 aromatic carbocycles. The number of hydrogen-bond acceptors (Lipinski definition) is 5. The van der Waals surface area contributed by atoms with E-state index in [9.17, 15) is 0 Å². The van der Waals surface area contributed by atoms with Crippen molar-refractivity contribution >= 4 is 6.01 Å². The van der Waals surface area contributed by atoms with Crippen molar-refractivity contribution in [2.24, 2.45) is 5.92 Å². The number of nitrogens with zero attached hydrogens (tertiary/aromatic N) is 3. The van der Waals surface area contributed by atoms with Crippen LogP contribution in [-0.4, -0.2) is 16.7 Å². The van der Waals surface area contributed by atoms with Gasteiger partial charge in [-0.05, 0) is 6.92 Å². The first-order valence-corrected chi connectivity index (χ1v) is 4.60. The van der Waals surface area contributed by atoms with Crippen molar-refractivity contribution < 1.29 is 4.52 Å². The van der Waals surface area contributed by atoms with E-state index in [0.717, 1.165) is 0 Å². The summed E-state index contributed by atoms with van der Waals surface area (Å²) in [5.41, 5.74) is 0. The summed E-state index contributed by atoms with van der Waals surface area (Å²) < 4.78 is 4.94. The van der Waals surface area contributed by atoms with E-state index in [0.29, 0.717) is 18.4 Å². The molecule has 5 heteroatoms. The second-order valence-corrected chi connectivity index (χ2v) is 3.52. The smallest absolute Gasteiger partial charge is 0.321 e. The van der Waals surface area contributed by atoms with Gasteiger partial charge in [-0.2, -0.15) is 10.2 Å². The lowest BCUT2D eigenvalue weighted by atomic mass is 10.2. The van der Waals surface area contributed by atoms with Crippen LogP contribution in [0, 0.1) is 17.2 Å². The summed E-state index contributed by atoms with van der Waals surface area (Å²) >= 11 is 0. The van der Waals surface area contributed by atoms with Gasteiger partial charge in [0.05, 0.1) is 12.0 Å². The molecule has 0 amide bonds. The van der Waals surface area contributed by atoms with Crippen LogP contribution in [0.4, 0.5) is 6.01 Å². The molecule has 0 aliphatic rings. The van der Waals surface area contributed by atoms with Crippen LogP contribution in [0.25, 0.3) is 0 Å². The number of rotatable bonds is 4. The molecule has 5 nitrogen and oxygen atoms in total. The van der Waals surface area contributed by atoms with Crippen molar-refractivity contribution in [1.29, 1.82) is 5.26 Å². The van der Waals surface area contributed by atoms with E-state index in [2.05, 4.69) is 21.5 Å². The van der Waals surface area contributed by atoms with Gasteiger partial charge in [-0.1, -0.05) is 19.0 Å². The quantitative estimate of drug-likeness (QED) is 0.790. The molecule has 1 unspecified atom stereocenters. The largest absolute Gasteiger partial charge is 0.336 e. The fourth-order valence-corrected chi connectivity index (χ4v) is 0.827. The summed E-state index contributed by atoms with van der Waals surface area (Å²) in [6, 6.07) is 2.50. The van der Waals surface area contributed by atoms with Crippen LogP contribution >= 0.6 is 0 Å². The number of nitrogens with one attached hydrogen (secondary N) is 1. The predicted molar refractivity (Wildman–Crippen MR) is 51.7 cm³/mol. The lowest BCUT2D eigenvalue weighted by Gasteiger charge is -2.00.